The van der Waals surface area contributed by atoms with Gasteiger partial charge in [0.25, 0.3) is 11.8 Å². The minimum absolute atomic E-state index is 0.161. The zero-order chi connectivity index (χ0) is 14.9. The van der Waals surface area contributed by atoms with E-state index in [4.69, 9.17) is 0 Å². The Morgan fingerprint density at radius 3 is 2.67 bits per heavy atom. The lowest BCUT2D eigenvalue weighted by Gasteiger charge is -2.03. The number of carbonyl (C=O) groups is 2. The summed E-state index contributed by atoms with van der Waals surface area (Å²) in [4.78, 5) is 30.9. The molecule has 0 bridgehead atoms. The van der Waals surface area contributed by atoms with E-state index in [9.17, 15) is 9.59 Å². The molecule has 21 heavy (non-hydrogen) atoms. The summed E-state index contributed by atoms with van der Waals surface area (Å²) in [7, 11) is 0. The summed E-state index contributed by atoms with van der Waals surface area (Å²) >= 11 is 0. The van der Waals surface area contributed by atoms with Gasteiger partial charge in [0.2, 0.25) is 0 Å². The number of nitrogens with zero attached hydrogens (tertiary/aromatic N) is 3. The highest BCUT2D eigenvalue weighted by Crippen LogP contribution is 1.94. The van der Waals surface area contributed by atoms with Crippen LogP contribution in [0.1, 0.15) is 15.9 Å². The number of pyridine rings is 2. The maximum Gasteiger partial charge on any atom is 0.259 e. The summed E-state index contributed by atoms with van der Waals surface area (Å²) in [6, 6.07) is 6.69. The van der Waals surface area contributed by atoms with Crippen LogP contribution in [0, 0.1) is 0 Å². The molecule has 7 nitrogen and oxygen atoms in total. The van der Waals surface area contributed by atoms with Gasteiger partial charge in [-0.15, -0.1) is 0 Å². The molecule has 0 aliphatic rings. The maximum absolute atomic E-state index is 11.7. The van der Waals surface area contributed by atoms with Crippen molar-refractivity contribution in [3.8, 4) is 0 Å². The Morgan fingerprint density at radius 2 is 1.95 bits per heavy atom. The second-order valence-corrected chi connectivity index (χ2v) is 4.00. The zero-order valence-electron chi connectivity index (χ0n) is 11.1. The monoisotopic (exact) mass is 283 g/mol. The molecular formula is C14H13N5O2. The molecule has 0 saturated heterocycles. The van der Waals surface area contributed by atoms with Crippen LogP contribution in [0.2, 0.25) is 0 Å². The molecule has 0 aliphatic heterocycles. The molecule has 106 valence electrons. The number of carbonyl (C=O) groups excluding carboxylic acids is 2. The van der Waals surface area contributed by atoms with Gasteiger partial charge in [-0.1, -0.05) is 6.07 Å². The van der Waals surface area contributed by atoms with Crippen molar-refractivity contribution < 1.29 is 9.59 Å². The van der Waals surface area contributed by atoms with Gasteiger partial charge in [-0.3, -0.25) is 19.6 Å². The fourth-order valence-corrected chi connectivity index (χ4v) is 1.44. The SMILES string of the molecule is O=C(CNC(=O)c1ccncc1)N/N=C\c1cccnc1. The first-order valence-electron chi connectivity index (χ1n) is 6.16. The Balaban J connectivity index is 1.75. The lowest BCUT2D eigenvalue weighted by Crippen LogP contribution is -2.34. The maximum atomic E-state index is 11.7. The van der Waals surface area contributed by atoms with Crippen molar-refractivity contribution in [2.75, 3.05) is 6.54 Å². The van der Waals surface area contributed by atoms with Crippen LogP contribution < -0.4 is 10.7 Å². The molecule has 0 atom stereocenters. The highest BCUT2D eigenvalue weighted by atomic mass is 16.2. The number of amides is 2. The highest BCUT2D eigenvalue weighted by molar-refractivity contribution is 5.96. The van der Waals surface area contributed by atoms with E-state index in [2.05, 4.69) is 25.8 Å². The van der Waals surface area contributed by atoms with Crippen LogP contribution in [0.3, 0.4) is 0 Å². The van der Waals surface area contributed by atoms with E-state index in [0.717, 1.165) is 5.56 Å². The third-order valence-corrected chi connectivity index (χ3v) is 2.44. The number of hydrogen-bond acceptors (Lipinski definition) is 5. The van der Waals surface area contributed by atoms with Gasteiger partial charge in [-0.05, 0) is 18.2 Å². The molecule has 0 fully saturated rings. The third-order valence-electron chi connectivity index (χ3n) is 2.44. The van der Waals surface area contributed by atoms with Crippen molar-refractivity contribution >= 4 is 18.0 Å². The molecular weight excluding hydrogens is 270 g/mol. The minimum atomic E-state index is -0.419. The molecule has 2 aromatic rings. The Morgan fingerprint density at radius 1 is 1.14 bits per heavy atom. The lowest BCUT2D eigenvalue weighted by molar-refractivity contribution is -0.120. The molecule has 7 heteroatoms. The zero-order valence-corrected chi connectivity index (χ0v) is 11.1. The summed E-state index contributed by atoms with van der Waals surface area (Å²) in [5.74, 6) is -0.763. The second kappa shape index (κ2) is 7.49. The van der Waals surface area contributed by atoms with Crippen molar-refractivity contribution in [3.05, 3.63) is 60.2 Å². The first kappa shape index (κ1) is 14.3. The summed E-state index contributed by atoms with van der Waals surface area (Å²) in [6.07, 6.45) is 7.74. The predicted molar refractivity (Wildman–Crippen MR) is 76.5 cm³/mol. The summed E-state index contributed by atoms with van der Waals surface area (Å²) in [5, 5.41) is 6.25. The van der Waals surface area contributed by atoms with Gasteiger partial charge in [0, 0.05) is 35.9 Å². The van der Waals surface area contributed by atoms with E-state index in [1.54, 1.807) is 36.7 Å². The van der Waals surface area contributed by atoms with Crippen LogP contribution in [0.15, 0.2) is 54.2 Å². The molecule has 0 spiro atoms. The Bertz CT molecular complexity index is 628. The quantitative estimate of drug-likeness (QED) is 0.611. The van der Waals surface area contributed by atoms with E-state index in [1.165, 1.54) is 18.6 Å². The van der Waals surface area contributed by atoms with Crippen LogP contribution >= 0.6 is 0 Å². The van der Waals surface area contributed by atoms with Crippen LogP contribution in [-0.4, -0.2) is 34.5 Å². The molecule has 0 unspecified atom stereocenters. The van der Waals surface area contributed by atoms with Crippen LogP contribution in [0.5, 0.6) is 0 Å². The van der Waals surface area contributed by atoms with E-state index in [-0.39, 0.29) is 12.5 Å². The first-order chi connectivity index (χ1) is 10.3. The summed E-state index contributed by atoms with van der Waals surface area (Å²) < 4.78 is 0. The van der Waals surface area contributed by atoms with E-state index in [0.29, 0.717) is 5.56 Å². The molecule has 0 aromatic carbocycles. The van der Waals surface area contributed by atoms with Gasteiger partial charge in [0.1, 0.15) is 0 Å². The summed E-state index contributed by atoms with van der Waals surface area (Å²) in [5.41, 5.74) is 3.52. The van der Waals surface area contributed by atoms with Gasteiger partial charge in [0.15, 0.2) is 0 Å². The first-order valence-corrected chi connectivity index (χ1v) is 6.16. The minimum Gasteiger partial charge on any atom is -0.343 e. The molecule has 0 aliphatic carbocycles. The van der Waals surface area contributed by atoms with Crippen molar-refractivity contribution in [2.45, 2.75) is 0 Å². The third kappa shape index (κ3) is 4.83. The number of hydrazone groups is 1. The lowest BCUT2D eigenvalue weighted by atomic mass is 10.2. The van der Waals surface area contributed by atoms with Crippen molar-refractivity contribution in [2.24, 2.45) is 5.10 Å². The number of nitrogens with one attached hydrogen (secondary N) is 2. The smallest absolute Gasteiger partial charge is 0.259 e. The van der Waals surface area contributed by atoms with Gasteiger partial charge in [-0.25, -0.2) is 5.43 Å². The molecule has 2 amide bonds. The molecule has 0 radical (unpaired) electrons. The van der Waals surface area contributed by atoms with Crippen molar-refractivity contribution in [3.63, 3.8) is 0 Å². The van der Waals surface area contributed by atoms with Crippen molar-refractivity contribution in [1.82, 2.24) is 20.7 Å². The van der Waals surface area contributed by atoms with Crippen molar-refractivity contribution in [1.29, 1.82) is 0 Å². The normalized spacial score (nSPS) is 10.3. The van der Waals surface area contributed by atoms with Crippen LogP contribution in [-0.2, 0) is 4.79 Å². The van der Waals surface area contributed by atoms with Crippen LogP contribution in [0.4, 0.5) is 0 Å². The molecule has 2 N–H and O–H groups in total. The molecule has 2 rings (SSSR count). The largest absolute Gasteiger partial charge is 0.343 e. The Labute approximate surface area is 121 Å². The van der Waals surface area contributed by atoms with E-state index < -0.39 is 5.91 Å². The highest BCUT2D eigenvalue weighted by Gasteiger charge is 2.06. The topological polar surface area (TPSA) is 96.3 Å². The van der Waals surface area contributed by atoms with E-state index >= 15 is 0 Å². The number of hydrogen-bond donors (Lipinski definition) is 2. The standard InChI is InChI=1S/C14H13N5O2/c20-13(19-18-9-11-2-1-5-16-8-11)10-17-14(21)12-3-6-15-7-4-12/h1-9H,10H2,(H,17,21)(H,19,20)/b18-9-. The van der Waals surface area contributed by atoms with Gasteiger partial charge in [-0.2, -0.15) is 5.10 Å². The van der Waals surface area contributed by atoms with Gasteiger partial charge >= 0.3 is 0 Å². The fourth-order valence-electron chi connectivity index (χ4n) is 1.44. The molecule has 0 saturated carbocycles. The average molecular weight is 283 g/mol. The summed E-state index contributed by atoms with van der Waals surface area (Å²) in [6.45, 7) is -0.161. The fraction of sp³-hybridized carbons (Fsp3) is 0.0714. The number of aromatic nitrogens is 2. The molecule has 2 heterocycles. The van der Waals surface area contributed by atoms with Gasteiger partial charge in [0.05, 0.1) is 12.8 Å². The van der Waals surface area contributed by atoms with Crippen LogP contribution in [0.25, 0.3) is 0 Å². The van der Waals surface area contributed by atoms with Gasteiger partial charge < -0.3 is 5.32 Å². The number of rotatable bonds is 5. The average Bonchev–Trinajstić information content (AvgIpc) is 2.54. The predicted octanol–water partition coefficient (Wildman–Crippen LogP) is 0.357. The van der Waals surface area contributed by atoms with E-state index in [1.807, 2.05) is 0 Å². The Hall–Kier alpha value is -3.09. The second-order valence-electron chi connectivity index (χ2n) is 4.00. The molecule has 2 aromatic heterocycles. The Kier molecular flexibility index (Phi) is 5.11.